The summed E-state index contributed by atoms with van der Waals surface area (Å²) >= 11 is 0. The van der Waals surface area contributed by atoms with Gasteiger partial charge in [-0.2, -0.15) is 0 Å². The van der Waals surface area contributed by atoms with Crippen molar-refractivity contribution in [3.8, 4) is 0 Å². The Morgan fingerprint density at radius 3 is 2.80 bits per heavy atom. The van der Waals surface area contributed by atoms with Crippen LogP contribution in [-0.4, -0.2) is 9.55 Å². The number of nitrogens with one attached hydrogen (secondary N) is 1. The number of aromatic nitrogens is 2. The molecule has 2 aromatic rings. The number of hydrogen-bond acceptors (Lipinski definition) is 2. The first kappa shape index (κ1) is 9.64. The molecule has 78 valence electrons. The Balaban J connectivity index is 3.05. The van der Waals surface area contributed by atoms with Gasteiger partial charge in [-0.3, -0.25) is 14.3 Å². The van der Waals surface area contributed by atoms with E-state index in [0.29, 0.717) is 17.4 Å². The van der Waals surface area contributed by atoms with Gasteiger partial charge in [0.15, 0.2) is 0 Å². The average Bonchev–Trinajstić information content (AvgIpc) is 2.17. The fourth-order valence-electron chi connectivity index (χ4n) is 1.58. The summed E-state index contributed by atoms with van der Waals surface area (Å²) in [4.78, 5) is 25.0. The van der Waals surface area contributed by atoms with Gasteiger partial charge in [0.1, 0.15) is 5.82 Å². The fourth-order valence-corrected chi connectivity index (χ4v) is 1.58. The van der Waals surface area contributed by atoms with Gasteiger partial charge in [-0.15, -0.1) is 0 Å². The van der Waals surface area contributed by atoms with Crippen LogP contribution in [0.15, 0.2) is 27.8 Å². The van der Waals surface area contributed by atoms with Gasteiger partial charge in [-0.25, -0.2) is 9.18 Å². The quantitative estimate of drug-likeness (QED) is 0.755. The number of benzene rings is 1. The van der Waals surface area contributed by atoms with Crippen LogP contribution in [0.3, 0.4) is 0 Å². The highest BCUT2D eigenvalue weighted by atomic mass is 19.1. The smallest absolute Gasteiger partial charge is 0.294 e. The molecule has 0 unspecified atom stereocenters. The molecule has 0 saturated carbocycles. The molecule has 0 aliphatic heterocycles. The minimum Gasteiger partial charge on any atom is -0.294 e. The third-order valence-corrected chi connectivity index (χ3v) is 2.28. The molecule has 0 aliphatic carbocycles. The molecule has 1 N–H and O–H groups in total. The van der Waals surface area contributed by atoms with Gasteiger partial charge in [0.2, 0.25) is 0 Å². The van der Waals surface area contributed by atoms with Crippen molar-refractivity contribution in [1.82, 2.24) is 9.55 Å². The number of aryl methyl sites for hydroxylation is 1. The van der Waals surface area contributed by atoms with Gasteiger partial charge < -0.3 is 0 Å². The normalized spacial score (nSPS) is 10.8. The summed E-state index contributed by atoms with van der Waals surface area (Å²) in [5, 5.41) is 0.317. The molecule has 0 aliphatic rings. The molecule has 0 bridgehead atoms. The van der Waals surface area contributed by atoms with E-state index in [1.54, 1.807) is 6.92 Å². The molecule has 1 heterocycles. The van der Waals surface area contributed by atoms with E-state index in [1.807, 2.05) is 0 Å². The Morgan fingerprint density at radius 1 is 1.40 bits per heavy atom. The monoisotopic (exact) mass is 208 g/mol. The van der Waals surface area contributed by atoms with E-state index >= 15 is 0 Å². The summed E-state index contributed by atoms with van der Waals surface area (Å²) in [6.07, 6.45) is 0. The van der Waals surface area contributed by atoms with Gasteiger partial charge in [0, 0.05) is 6.54 Å². The molecule has 0 spiro atoms. The van der Waals surface area contributed by atoms with Gasteiger partial charge in [-0.05, 0) is 25.1 Å². The zero-order valence-corrected chi connectivity index (χ0v) is 8.08. The lowest BCUT2D eigenvalue weighted by atomic mass is 10.2. The van der Waals surface area contributed by atoms with Crippen molar-refractivity contribution in [3.05, 3.63) is 44.9 Å². The first-order valence-electron chi connectivity index (χ1n) is 4.56. The number of hydrogen-bond donors (Lipinski definition) is 1. The molecule has 4 nitrogen and oxygen atoms in total. The molecule has 0 radical (unpaired) electrons. The van der Waals surface area contributed by atoms with Crippen LogP contribution < -0.4 is 11.2 Å². The first-order chi connectivity index (χ1) is 7.13. The van der Waals surface area contributed by atoms with E-state index < -0.39 is 17.1 Å². The molecule has 0 saturated heterocycles. The largest absolute Gasteiger partial charge is 0.328 e. The Morgan fingerprint density at radius 2 is 2.13 bits per heavy atom. The number of halogens is 1. The Kier molecular flexibility index (Phi) is 2.15. The Bertz CT molecular complexity index is 627. The van der Waals surface area contributed by atoms with Crippen molar-refractivity contribution in [2.24, 2.45) is 0 Å². The lowest BCUT2D eigenvalue weighted by molar-refractivity contribution is 0.626. The Labute approximate surface area is 84.0 Å². The standard InChI is InChI=1S/C10H9FN2O2/c1-2-13-8-5-6(11)3-4-7(8)9(14)12-10(13)15/h3-5H,2H2,1H3,(H,12,14,15). The highest BCUT2D eigenvalue weighted by Gasteiger charge is 2.06. The molecule has 0 atom stereocenters. The fraction of sp³-hybridized carbons (Fsp3) is 0.200. The summed E-state index contributed by atoms with van der Waals surface area (Å²) in [7, 11) is 0. The summed E-state index contributed by atoms with van der Waals surface area (Å²) in [5.41, 5.74) is -0.674. The van der Waals surface area contributed by atoms with Gasteiger partial charge >= 0.3 is 5.69 Å². The highest BCUT2D eigenvalue weighted by Crippen LogP contribution is 2.09. The van der Waals surface area contributed by atoms with E-state index in [-0.39, 0.29) is 0 Å². The van der Waals surface area contributed by atoms with Crippen molar-refractivity contribution < 1.29 is 4.39 Å². The van der Waals surface area contributed by atoms with Crippen molar-refractivity contribution in [2.45, 2.75) is 13.5 Å². The topological polar surface area (TPSA) is 54.9 Å². The minimum atomic E-state index is -0.513. The molecule has 5 heteroatoms. The van der Waals surface area contributed by atoms with Crippen LogP contribution in [0.2, 0.25) is 0 Å². The second-order valence-electron chi connectivity index (χ2n) is 3.17. The van der Waals surface area contributed by atoms with Crippen LogP contribution in [0.5, 0.6) is 0 Å². The molecular formula is C10H9FN2O2. The number of rotatable bonds is 1. The predicted octanol–water partition coefficient (Wildman–Crippen LogP) is 0.849. The highest BCUT2D eigenvalue weighted by molar-refractivity contribution is 5.77. The van der Waals surface area contributed by atoms with E-state index in [2.05, 4.69) is 4.98 Å². The van der Waals surface area contributed by atoms with Crippen LogP contribution in [0.4, 0.5) is 4.39 Å². The maximum atomic E-state index is 13.0. The molecule has 15 heavy (non-hydrogen) atoms. The second-order valence-corrected chi connectivity index (χ2v) is 3.17. The third kappa shape index (κ3) is 1.45. The first-order valence-corrected chi connectivity index (χ1v) is 4.56. The second kappa shape index (κ2) is 3.34. The van der Waals surface area contributed by atoms with E-state index in [4.69, 9.17) is 0 Å². The van der Waals surface area contributed by atoms with E-state index in [9.17, 15) is 14.0 Å². The number of nitrogens with zero attached hydrogens (tertiary/aromatic N) is 1. The maximum Gasteiger partial charge on any atom is 0.328 e. The molecular weight excluding hydrogens is 199 g/mol. The van der Waals surface area contributed by atoms with Crippen LogP contribution in [0.25, 0.3) is 10.9 Å². The summed E-state index contributed by atoms with van der Waals surface area (Å²) in [6.45, 7) is 2.14. The van der Waals surface area contributed by atoms with Crippen molar-refractivity contribution in [1.29, 1.82) is 0 Å². The van der Waals surface area contributed by atoms with Crippen molar-refractivity contribution in [3.63, 3.8) is 0 Å². The number of fused-ring (bicyclic) bond motifs is 1. The number of H-pyrrole nitrogens is 1. The van der Waals surface area contributed by atoms with Crippen LogP contribution in [0, 0.1) is 5.82 Å². The molecule has 0 amide bonds. The molecule has 1 aromatic carbocycles. The third-order valence-electron chi connectivity index (χ3n) is 2.28. The van der Waals surface area contributed by atoms with Gasteiger partial charge in [0.05, 0.1) is 10.9 Å². The molecule has 0 fully saturated rings. The minimum absolute atomic E-state index is 0.317. The molecule has 1 aromatic heterocycles. The van der Waals surface area contributed by atoms with E-state index in [1.165, 1.54) is 22.8 Å². The summed E-state index contributed by atoms with van der Waals surface area (Å²) < 4.78 is 14.3. The molecule has 2 rings (SSSR count). The maximum absolute atomic E-state index is 13.0. The lowest BCUT2D eigenvalue weighted by Crippen LogP contribution is -2.29. The lowest BCUT2D eigenvalue weighted by Gasteiger charge is -2.05. The van der Waals surface area contributed by atoms with E-state index in [0.717, 1.165) is 0 Å². The van der Waals surface area contributed by atoms with Gasteiger partial charge in [-0.1, -0.05) is 0 Å². The van der Waals surface area contributed by atoms with Crippen molar-refractivity contribution >= 4 is 10.9 Å². The summed E-state index contributed by atoms with van der Waals surface area (Å²) in [6, 6.07) is 3.76. The van der Waals surface area contributed by atoms with Gasteiger partial charge in [0.25, 0.3) is 5.56 Å². The van der Waals surface area contributed by atoms with Crippen LogP contribution >= 0.6 is 0 Å². The number of aromatic amines is 1. The summed E-state index contributed by atoms with van der Waals surface area (Å²) in [5.74, 6) is -0.463. The zero-order valence-electron chi connectivity index (χ0n) is 8.08. The average molecular weight is 208 g/mol. The predicted molar refractivity (Wildman–Crippen MR) is 54.5 cm³/mol. The van der Waals surface area contributed by atoms with Crippen molar-refractivity contribution in [2.75, 3.05) is 0 Å². The van der Waals surface area contributed by atoms with Crippen LogP contribution in [0.1, 0.15) is 6.92 Å². The Hall–Kier alpha value is -1.91. The SMILES string of the molecule is CCn1c(=O)[nH]c(=O)c2ccc(F)cc21. The van der Waals surface area contributed by atoms with Crippen LogP contribution in [-0.2, 0) is 6.54 Å². The zero-order chi connectivity index (χ0) is 11.0.